The van der Waals surface area contributed by atoms with Crippen LogP contribution < -0.4 is 9.47 Å². The second kappa shape index (κ2) is 7.02. The molecular weight excluding hydrogens is 288 g/mol. The highest BCUT2D eigenvalue weighted by Crippen LogP contribution is 2.27. The zero-order chi connectivity index (χ0) is 16.1. The summed E-state index contributed by atoms with van der Waals surface area (Å²) in [6, 6.07) is 8.42. The van der Waals surface area contributed by atoms with Gasteiger partial charge in [0, 0.05) is 17.8 Å². The van der Waals surface area contributed by atoms with E-state index in [9.17, 15) is 8.78 Å². The monoisotopic (exact) mass is 305 g/mol. The fourth-order valence-corrected chi connectivity index (χ4v) is 2.05. The van der Waals surface area contributed by atoms with E-state index in [1.54, 1.807) is 39.5 Å². The Morgan fingerprint density at radius 1 is 1.00 bits per heavy atom. The first-order valence-electron chi connectivity index (χ1n) is 6.75. The summed E-state index contributed by atoms with van der Waals surface area (Å²) in [6.45, 7) is 1.74. The molecule has 0 saturated carbocycles. The molecule has 0 spiro atoms. The highest BCUT2D eigenvalue weighted by molar-refractivity contribution is 5.81. The molecule has 0 aromatic heterocycles. The molecular formula is C17H17F2NO2. The van der Waals surface area contributed by atoms with E-state index < -0.39 is 17.7 Å². The summed E-state index contributed by atoms with van der Waals surface area (Å²) in [5.41, 5.74) is 1.14. The van der Waals surface area contributed by atoms with Crippen LogP contribution in [0.15, 0.2) is 41.4 Å². The maximum absolute atomic E-state index is 13.7. The standard InChI is InChI=1S/C17H17F2NO2/c1-11(14-6-5-13(18)9-15(14)19)20-10-12-4-7-16(21-2)17(8-12)22-3/h4-11H,1-3H3/b20-10-. The number of ether oxygens (including phenoxy) is 2. The fraction of sp³-hybridized carbons (Fsp3) is 0.235. The van der Waals surface area contributed by atoms with Crippen molar-refractivity contribution < 1.29 is 18.3 Å². The van der Waals surface area contributed by atoms with Crippen molar-refractivity contribution in [2.75, 3.05) is 14.2 Å². The average Bonchev–Trinajstić information content (AvgIpc) is 2.52. The van der Waals surface area contributed by atoms with Gasteiger partial charge in [-0.1, -0.05) is 6.07 Å². The van der Waals surface area contributed by atoms with Gasteiger partial charge in [0.25, 0.3) is 0 Å². The van der Waals surface area contributed by atoms with Gasteiger partial charge in [0.05, 0.1) is 20.3 Å². The minimum atomic E-state index is -0.600. The number of halogens is 2. The lowest BCUT2D eigenvalue weighted by atomic mass is 10.1. The van der Waals surface area contributed by atoms with Gasteiger partial charge in [-0.25, -0.2) is 8.78 Å². The normalized spacial score (nSPS) is 12.4. The molecule has 3 nitrogen and oxygen atoms in total. The van der Waals surface area contributed by atoms with Crippen LogP contribution in [0.2, 0.25) is 0 Å². The molecule has 2 aromatic carbocycles. The van der Waals surface area contributed by atoms with Crippen molar-refractivity contribution in [3.05, 3.63) is 59.2 Å². The highest BCUT2D eigenvalue weighted by Gasteiger charge is 2.10. The van der Waals surface area contributed by atoms with E-state index in [1.807, 2.05) is 6.07 Å². The Labute approximate surface area is 128 Å². The largest absolute Gasteiger partial charge is 0.493 e. The molecule has 2 rings (SSSR count). The Kier molecular flexibility index (Phi) is 5.09. The van der Waals surface area contributed by atoms with Gasteiger partial charge in [0.15, 0.2) is 11.5 Å². The number of benzene rings is 2. The molecule has 0 saturated heterocycles. The van der Waals surface area contributed by atoms with Crippen molar-refractivity contribution in [3.8, 4) is 11.5 Å². The molecule has 1 atom stereocenters. The maximum atomic E-state index is 13.7. The van der Waals surface area contributed by atoms with Crippen LogP contribution in [-0.4, -0.2) is 20.4 Å². The second-order valence-corrected chi connectivity index (χ2v) is 4.73. The fourth-order valence-electron chi connectivity index (χ4n) is 2.05. The Bertz CT molecular complexity index is 686. The molecule has 0 N–H and O–H groups in total. The van der Waals surface area contributed by atoms with Crippen molar-refractivity contribution in [2.24, 2.45) is 4.99 Å². The SMILES string of the molecule is COc1ccc(/C=N\C(C)c2ccc(F)cc2F)cc1OC. The second-order valence-electron chi connectivity index (χ2n) is 4.73. The Morgan fingerprint density at radius 3 is 2.36 bits per heavy atom. The summed E-state index contributed by atoms with van der Waals surface area (Å²) in [6.07, 6.45) is 1.62. The Morgan fingerprint density at radius 2 is 1.73 bits per heavy atom. The summed E-state index contributed by atoms with van der Waals surface area (Å²) in [7, 11) is 3.11. The summed E-state index contributed by atoms with van der Waals surface area (Å²) in [5, 5.41) is 0. The number of rotatable bonds is 5. The predicted octanol–water partition coefficient (Wildman–Crippen LogP) is 4.16. The van der Waals surface area contributed by atoms with E-state index in [4.69, 9.17) is 9.47 Å². The molecule has 116 valence electrons. The molecule has 0 bridgehead atoms. The van der Waals surface area contributed by atoms with Crippen LogP contribution in [-0.2, 0) is 0 Å². The number of hydrogen-bond donors (Lipinski definition) is 0. The van der Waals surface area contributed by atoms with Gasteiger partial charge >= 0.3 is 0 Å². The maximum Gasteiger partial charge on any atom is 0.161 e. The van der Waals surface area contributed by atoms with Crippen LogP contribution in [0.1, 0.15) is 24.1 Å². The first-order chi connectivity index (χ1) is 10.5. The first kappa shape index (κ1) is 15.9. The molecule has 0 aliphatic rings. The van der Waals surface area contributed by atoms with E-state index in [-0.39, 0.29) is 0 Å². The lowest BCUT2D eigenvalue weighted by Crippen LogP contribution is -1.97. The zero-order valence-electron chi connectivity index (χ0n) is 12.6. The van der Waals surface area contributed by atoms with Crippen LogP contribution in [0.3, 0.4) is 0 Å². The van der Waals surface area contributed by atoms with Crippen molar-refractivity contribution in [1.82, 2.24) is 0 Å². The van der Waals surface area contributed by atoms with Crippen molar-refractivity contribution >= 4 is 6.21 Å². The third kappa shape index (κ3) is 3.61. The summed E-state index contributed by atoms with van der Waals surface area (Å²) in [5.74, 6) is 0.0126. The van der Waals surface area contributed by atoms with Gasteiger partial charge in [-0.15, -0.1) is 0 Å². The van der Waals surface area contributed by atoms with E-state index in [0.29, 0.717) is 17.1 Å². The third-order valence-corrected chi connectivity index (χ3v) is 3.27. The summed E-state index contributed by atoms with van der Waals surface area (Å²) < 4.78 is 37.0. The van der Waals surface area contributed by atoms with Crippen LogP contribution >= 0.6 is 0 Å². The number of nitrogens with zero attached hydrogens (tertiary/aromatic N) is 1. The van der Waals surface area contributed by atoms with E-state index >= 15 is 0 Å². The molecule has 0 amide bonds. The van der Waals surface area contributed by atoms with Gasteiger partial charge in [-0.2, -0.15) is 0 Å². The molecule has 2 aromatic rings. The van der Waals surface area contributed by atoms with Crippen LogP contribution in [0.4, 0.5) is 8.78 Å². The molecule has 0 fully saturated rings. The van der Waals surface area contributed by atoms with Gasteiger partial charge in [-0.05, 0) is 36.8 Å². The van der Waals surface area contributed by atoms with Gasteiger partial charge < -0.3 is 9.47 Å². The van der Waals surface area contributed by atoms with Gasteiger partial charge in [0.2, 0.25) is 0 Å². The number of methoxy groups -OCH3 is 2. The lowest BCUT2D eigenvalue weighted by Gasteiger charge is -2.09. The molecule has 5 heteroatoms. The molecule has 1 unspecified atom stereocenters. The predicted molar refractivity (Wildman–Crippen MR) is 81.9 cm³/mol. The molecule has 0 heterocycles. The van der Waals surface area contributed by atoms with Crippen LogP contribution in [0.5, 0.6) is 11.5 Å². The minimum absolute atomic E-state index is 0.345. The van der Waals surface area contributed by atoms with Gasteiger partial charge in [-0.3, -0.25) is 4.99 Å². The number of hydrogen-bond acceptors (Lipinski definition) is 3. The Hall–Kier alpha value is -2.43. The number of aliphatic imine (C=N–C) groups is 1. The lowest BCUT2D eigenvalue weighted by molar-refractivity contribution is 0.355. The van der Waals surface area contributed by atoms with Crippen molar-refractivity contribution in [1.29, 1.82) is 0 Å². The molecule has 0 aliphatic heterocycles. The topological polar surface area (TPSA) is 30.8 Å². The van der Waals surface area contributed by atoms with E-state index in [1.165, 1.54) is 12.1 Å². The zero-order valence-corrected chi connectivity index (χ0v) is 12.6. The summed E-state index contributed by atoms with van der Waals surface area (Å²) in [4.78, 5) is 4.30. The van der Waals surface area contributed by atoms with Gasteiger partial charge in [0.1, 0.15) is 11.6 Å². The Balaban J connectivity index is 2.20. The third-order valence-electron chi connectivity index (χ3n) is 3.27. The average molecular weight is 305 g/mol. The molecule has 22 heavy (non-hydrogen) atoms. The molecule has 0 aliphatic carbocycles. The quantitative estimate of drug-likeness (QED) is 0.777. The van der Waals surface area contributed by atoms with E-state index in [2.05, 4.69) is 4.99 Å². The van der Waals surface area contributed by atoms with Crippen molar-refractivity contribution in [2.45, 2.75) is 13.0 Å². The van der Waals surface area contributed by atoms with Crippen molar-refractivity contribution in [3.63, 3.8) is 0 Å². The van der Waals surface area contributed by atoms with E-state index in [0.717, 1.165) is 11.6 Å². The van der Waals surface area contributed by atoms with Crippen LogP contribution in [0, 0.1) is 11.6 Å². The minimum Gasteiger partial charge on any atom is -0.493 e. The first-order valence-corrected chi connectivity index (χ1v) is 6.75. The summed E-state index contributed by atoms with van der Waals surface area (Å²) >= 11 is 0. The smallest absolute Gasteiger partial charge is 0.161 e. The highest BCUT2D eigenvalue weighted by atomic mass is 19.1. The van der Waals surface area contributed by atoms with Crippen LogP contribution in [0.25, 0.3) is 0 Å². The molecule has 0 radical (unpaired) electrons.